The smallest absolute Gasteiger partial charge is 0.326 e. The molecule has 0 aliphatic heterocycles. The molecule has 0 aliphatic carbocycles. The summed E-state index contributed by atoms with van der Waals surface area (Å²) in [6.45, 7) is 3.47. The maximum atomic E-state index is 11.8. The van der Waals surface area contributed by atoms with Gasteiger partial charge in [-0.3, -0.25) is 4.79 Å². The standard InChI is InChI=1S/C13H15NO3S/c1-3-4-11(13(16)17)14-12(15)9-5-7-10(18-2)8-6-9/h3,5-8,11H,1,4H2,2H3,(H,14,15)(H,16,17). The molecule has 1 amide bonds. The molecule has 0 radical (unpaired) electrons. The van der Waals surface area contributed by atoms with Gasteiger partial charge in [0.2, 0.25) is 0 Å². The van der Waals surface area contributed by atoms with Gasteiger partial charge in [0.1, 0.15) is 6.04 Å². The number of carboxylic acids is 1. The quantitative estimate of drug-likeness (QED) is 0.611. The molecule has 0 heterocycles. The van der Waals surface area contributed by atoms with E-state index in [1.165, 1.54) is 6.08 Å². The van der Waals surface area contributed by atoms with Crippen molar-refractivity contribution >= 4 is 23.6 Å². The molecular formula is C13H15NO3S. The molecule has 0 bridgehead atoms. The normalized spacial score (nSPS) is 11.6. The number of benzene rings is 1. The second kappa shape index (κ2) is 6.86. The van der Waals surface area contributed by atoms with E-state index in [9.17, 15) is 9.59 Å². The minimum Gasteiger partial charge on any atom is -0.480 e. The zero-order valence-electron chi connectivity index (χ0n) is 10.1. The Morgan fingerprint density at radius 2 is 2.06 bits per heavy atom. The van der Waals surface area contributed by atoms with Crippen LogP contribution in [0.15, 0.2) is 41.8 Å². The van der Waals surface area contributed by atoms with Gasteiger partial charge in [0.25, 0.3) is 5.91 Å². The number of thioether (sulfide) groups is 1. The van der Waals surface area contributed by atoms with Gasteiger partial charge >= 0.3 is 5.97 Å². The topological polar surface area (TPSA) is 66.4 Å². The monoisotopic (exact) mass is 265 g/mol. The number of amides is 1. The van der Waals surface area contributed by atoms with E-state index in [0.29, 0.717) is 5.56 Å². The average Bonchev–Trinajstić information content (AvgIpc) is 2.38. The van der Waals surface area contributed by atoms with Crippen LogP contribution in [-0.4, -0.2) is 29.3 Å². The van der Waals surface area contributed by atoms with Crippen molar-refractivity contribution in [1.82, 2.24) is 5.32 Å². The molecule has 0 aliphatic rings. The van der Waals surface area contributed by atoms with Crippen LogP contribution in [0, 0.1) is 0 Å². The number of nitrogens with one attached hydrogen (secondary N) is 1. The molecule has 1 unspecified atom stereocenters. The predicted molar refractivity (Wildman–Crippen MR) is 71.9 cm³/mol. The van der Waals surface area contributed by atoms with Crippen LogP contribution in [0.5, 0.6) is 0 Å². The largest absolute Gasteiger partial charge is 0.480 e. The van der Waals surface area contributed by atoms with Gasteiger partial charge in [-0.1, -0.05) is 6.08 Å². The highest BCUT2D eigenvalue weighted by molar-refractivity contribution is 7.98. The Morgan fingerprint density at radius 1 is 1.44 bits per heavy atom. The van der Waals surface area contributed by atoms with Crippen LogP contribution >= 0.6 is 11.8 Å². The molecule has 0 aromatic heterocycles. The van der Waals surface area contributed by atoms with E-state index in [4.69, 9.17) is 5.11 Å². The minimum absolute atomic E-state index is 0.198. The Bertz CT molecular complexity index is 442. The maximum Gasteiger partial charge on any atom is 0.326 e. The second-order valence-corrected chi connectivity index (χ2v) is 4.50. The van der Waals surface area contributed by atoms with Crippen molar-refractivity contribution in [3.63, 3.8) is 0 Å². The molecule has 5 heteroatoms. The summed E-state index contributed by atoms with van der Waals surface area (Å²) in [4.78, 5) is 23.8. The predicted octanol–water partition coefficient (Wildman–Crippen LogP) is 2.17. The fraction of sp³-hybridized carbons (Fsp3) is 0.231. The van der Waals surface area contributed by atoms with Gasteiger partial charge in [0.05, 0.1) is 0 Å². The molecular weight excluding hydrogens is 250 g/mol. The van der Waals surface area contributed by atoms with E-state index < -0.39 is 17.9 Å². The second-order valence-electron chi connectivity index (χ2n) is 3.62. The molecule has 18 heavy (non-hydrogen) atoms. The summed E-state index contributed by atoms with van der Waals surface area (Å²) in [6, 6.07) is 6.06. The SMILES string of the molecule is C=CCC(NC(=O)c1ccc(SC)cc1)C(=O)O. The first-order chi connectivity index (χ1) is 8.58. The third-order valence-corrected chi connectivity index (χ3v) is 3.10. The van der Waals surface area contributed by atoms with E-state index >= 15 is 0 Å². The first-order valence-corrected chi connectivity index (χ1v) is 6.59. The Kier molecular flexibility index (Phi) is 5.45. The van der Waals surface area contributed by atoms with Gasteiger partial charge in [0.15, 0.2) is 0 Å². The fourth-order valence-corrected chi connectivity index (χ4v) is 1.78. The van der Waals surface area contributed by atoms with E-state index in [-0.39, 0.29) is 6.42 Å². The molecule has 0 saturated heterocycles. The highest BCUT2D eigenvalue weighted by atomic mass is 32.2. The first-order valence-electron chi connectivity index (χ1n) is 5.37. The van der Waals surface area contributed by atoms with Crippen LogP contribution in [0.2, 0.25) is 0 Å². The van der Waals surface area contributed by atoms with Crippen LogP contribution < -0.4 is 5.32 Å². The number of carboxylic acid groups (broad SMARTS) is 1. The summed E-state index contributed by atoms with van der Waals surface area (Å²) < 4.78 is 0. The fourth-order valence-electron chi connectivity index (χ4n) is 1.37. The molecule has 1 aromatic carbocycles. The summed E-state index contributed by atoms with van der Waals surface area (Å²) in [5, 5.41) is 11.4. The number of aliphatic carboxylic acids is 1. The average molecular weight is 265 g/mol. The number of carbonyl (C=O) groups is 2. The van der Waals surface area contributed by atoms with E-state index in [1.807, 2.05) is 18.4 Å². The van der Waals surface area contributed by atoms with E-state index in [1.54, 1.807) is 23.9 Å². The van der Waals surface area contributed by atoms with Gasteiger partial charge < -0.3 is 10.4 Å². The lowest BCUT2D eigenvalue weighted by molar-refractivity contribution is -0.139. The molecule has 96 valence electrons. The van der Waals surface area contributed by atoms with Gasteiger partial charge in [-0.15, -0.1) is 18.3 Å². The summed E-state index contributed by atoms with van der Waals surface area (Å²) in [6.07, 6.45) is 3.61. The zero-order chi connectivity index (χ0) is 13.5. The van der Waals surface area contributed by atoms with Gasteiger partial charge in [-0.25, -0.2) is 4.79 Å². The van der Waals surface area contributed by atoms with Gasteiger partial charge in [0, 0.05) is 10.5 Å². The Hall–Kier alpha value is -1.75. The number of rotatable bonds is 6. The summed E-state index contributed by atoms with van der Waals surface area (Å²) in [5.41, 5.74) is 0.447. The van der Waals surface area contributed by atoms with Gasteiger partial charge in [-0.05, 0) is 36.9 Å². The minimum atomic E-state index is -1.07. The van der Waals surface area contributed by atoms with Crippen LogP contribution in [-0.2, 0) is 4.79 Å². The van der Waals surface area contributed by atoms with Gasteiger partial charge in [-0.2, -0.15) is 0 Å². The molecule has 1 atom stereocenters. The summed E-state index contributed by atoms with van der Waals surface area (Å²) >= 11 is 1.58. The number of carbonyl (C=O) groups excluding carboxylic acids is 1. The van der Waals surface area contributed by atoms with Crippen molar-refractivity contribution in [2.24, 2.45) is 0 Å². The van der Waals surface area contributed by atoms with E-state index in [2.05, 4.69) is 11.9 Å². The molecule has 0 saturated carbocycles. The molecule has 2 N–H and O–H groups in total. The van der Waals surface area contributed by atoms with Crippen LogP contribution in [0.25, 0.3) is 0 Å². The third-order valence-electron chi connectivity index (χ3n) is 2.36. The Morgan fingerprint density at radius 3 is 2.50 bits per heavy atom. The number of hydrogen-bond acceptors (Lipinski definition) is 3. The van der Waals surface area contributed by atoms with Crippen molar-refractivity contribution in [2.45, 2.75) is 17.4 Å². The lowest BCUT2D eigenvalue weighted by Crippen LogP contribution is -2.40. The Balaban J connectivity index is 2.73. The lowest BCUT2D eigenvalue weighted by atomic mass is 10.1. The maximum absolute atomic E-state index is 11.8. The van der Waals surface area contributed by atoms with Crippen LogP contribution in [0.1, 0.15) is 16.8 Å². The highest BCUT2D eigenvalue weighted by Crippen LogP contribution is 2.14. The van der Waals surface area contributed by atoms with Crippen molar-refractivity contribution < 1.29 is 14.7 Å². The van der Waals surface area contributed by atoms with Crippen LogP contribution in [0.3, 0.4) is 0 Å². The number of hydrogen-bond donors (Lipinski definition) is 2. The van der Waals surface area contributed by atoms with Crippen LogP contribution in [0.4, 0.5) is 0 Å². The van der Waals surface area contributed by atoms with Crippen molar-refractivity contribution in [3.8, 4) is 0 Å². The van der Waals surface area contributed by atoms with Crippen molar-refractivity contribution in [3.05, 3.63) is 42.5 Å². The summed E-state index contributed by atoms with van der Waals surface area (Å²) in [7, 11) is 0. The lowest BCUT2D eigenvalue weighted by Gasteiger charge is -2.12. The molecule has 0 fully saturated rings. The first kappa shape index (κ1) is 14.3. The summed E-state index contributed by atoms with van der Waals surface area (Å²) in [5.74, 6) is -1.46. The van der Waals surface area contributed by atoms with Crippen molar-refractivity contribution in [2.75, 3.05) is 6.26 Å². The highest BCUT2D eigenvalue weighted by Gasteiger charge is 2.18. The third kappa shape index (κ3) is 3.92. The molecule has 1 rings (SSSR count). The van der Waals surface area contributed by atoms with Crippen molar-refractivity contribution in [1.29, 1.82) is 0 Å². The molecule has 4 nitrogen and oxygen atoms in total. The molecule has 1 aromatic rings. The Labute approximate surface area is 110 Å². The zero-order valence-corrected chi connectivity index (χ0v) is 10.9. The molecule has 0 spiro atoms. The van der Waals surface area contributed by atoms with E-state index in [0.717, 1.165) is 4.90 Å².